The molecule has 1 heterocycles. The Morgan fingerprint density at radius 2 is 1.94 bits per heavy atom. The van der Waals surface area contributed by atoms with Gasteiger partial charge in [-0.2, -0.15) is 0 Å². The summed E-state index contributed by atoms with van der Waals surface area (Å²) in [5.74, 6) is 0.743. The smallest absolute Gasteiger partial charge is 0.237 e. The third-order valence-electron chi connectivity index (χ3n) is 3.90. The fourth-order valence-corrected chi connectivity index (χ4v) is 2.17. The molecule has 0 aliphatic carbocycles. The van der Waals surface area contributed by atoms with Crippen molar-refractivity contribution in [3.05, 3.63) is 0 Å². The molecule has 0 bridgehead atoms. The third-order valence-corrected chi connectivity index (χ3v) is 3.90. The minimum absolute atomic E-state index is 0. The van der Waals surface area contributed by atoms with Gasteiger partial charge in [-0.1, -0.05) is 20.3 Å². The summed E-state index contributed by atoms with van der Waals surface area (Å²) < 4.78 is 5.32. The first-order valence-corrected chi connectivity index (χ1v) is 6.70. The maximum Gasteiger partial charge on any atom is 0.237 e. The van der Waals surface area contributed by atoms with Crippen LogP contribution in [-0.2, 0) is 9.53 Å². The lowest BCUT2D eigenvalue weighted by atomic mass is 9.92. The lowest BCUT2D eigenvalue weighted by Crippen LogP contribution is -2.50. The summed E-state index contributed by atoms with van der Waals surface area (Å²) in [6.45, 7) is 7.75. The van der Waals surface area contributed by atoms with Crippen molar-refractivity contribution in [2.45, 2.75) is 52.1 Å². The average Bonchev–Trinajstić information content (AvgIpc) is 2.37. The lowest BCUT2D eigenvalue weighted by molar-refractivity contribution is -0.124. The van der Waals surface area contributed by atoms with Gasteiger partial charge in [0.15, 0.2) is 0 Å². The third kappa shape index (κ3) is 5.12. The number of carbonyl (C=O) groups excluding carboxylic acids is 1. The molecular formula is C13H27ClN2O2. The van der Waals surface area contributed by atoms with Gasteiger partial charge in [0.25, 0.3) is 0 Å². The van der Waals surface area contributed by atoms with Crippen LogP contribution < -0.4 is 11.1 Å². The van der Waals surface area contributed by atoms with Crippen molar-refractivity contribution in [1.82, 2.24) is 5.32 Å². The zero-order chi connectivity index (χ0) is 12.8. The molecule has 1 rings (SSSR count). The molecule has 1 aliphatic rings. The van der Waals surface area contributed by atoms with Gasteiger partial charge >= 0.3 is 0 Å². The van der Waals surface area contributed by atoms with Crippen LogP contribution in [0.15, 0.2) is 0 Å². The Kier molecular flexibility index (Phi) is 8.57. The normalized spacial score (nSPS) is 21.6. The fraction of sp³-hybridized carbons (Fsp3) is 0.923. The first-order chi connectivity index (χ1) is 8.06. The van der Waals surface area contributed by atoms with Crippen molar-refractivity contribution in [1.29, 1.82) is 0 Å². The maximum atomic E-state index is 11.9. The highest BCUT2D eigenvalue weighted by Gasteiger charge is 2.25. The van der Waals surface area contributed by atoms with E-state index in [2.05, 4.69) is 19.2 Å². The molecule has 3 atom stereocenters. The summed E-state index contributed by atoms with van der Waals surface area (Å²) in [7, 11) is 0. The second-order valence-corrected chi connectivity index (χ2v) is 5.16. The molecule has 1 aliphatic heterocycles. The Balaban J connectivity index is 0.00000289. The lowest BCUT2D eigenvalue weighted by Gasteiger charge is -2.29. The Bertz CT molecular complexity index is 245. The summed E-state index contributed by atoms with van der Waals surface area (Å²) in [5, 5.41) is 3.05. The van der Waals surface area contributed by atoms with Crippen LogP contribution in [0.5, 0.6) is 0 Å². The first-order valence-electron chi connectivity index (χ1n) is 6.70. The average molecular weight is 279 g/mol. The molecule has 0 saturated carbocycles. The van der Waals surface area contributed by atoms with Crippen molar-refractivity contribution in [2.24, 2.45) is 17.6 Å². The molecule has 0 aromatic carbocycles. The van der Waals surface area contributed by atoms with Gasteiger partial charge in [-0.3, -0.25) is 4.79 Å². The van der Waals surface area contributed by atoms with Gasteiger partial charge in [0.05, 0.1) is 6.04 Å². The minimum Gasteiger partial charge on any atom is -0.381 e. The molecule has 3 unspecified atom stereocenters. The highest BCUT2D eigenvalue weighted by molar-refractivity contribution is 5.85. The molecule has 0 spiro atoms. The Morgan fingerprint density at radius 1 is 1.39 bits per heavy atom. The molecular weight excluding hydrogens is 252 g/mol. The summed E-state index contributed by atoms with van der Waals surface area (Å²) in [6.07, 6.45) is 2.99. The number of hydrogen-bond donors (Lipinski definition) is 2. The maximum absolute atomic E-state index is 11.9. The predicted molar refractivity (Wildman–Crippen MR) is 75.8 cm³/mol. The highest BCUT2D eigenvalue weighted by Crippen LogP contribution is 2.18. The van der Waals surface area contributed by atoms with Crippen molar-refractivity contribution < 1.29 is 9.53 Å². The molecule has 1 fully saturated rings. The Hall–Kier alpha value is -0.320. The molecule has 0 radical (unpaired) electrons. The van der Waals surface area contributed by atoms with E-state index >= 15 is 0 Å². The van der Waals surface area contributed by atoms with E-state index in [-0.39, 0.29) is 36.3 Å². The van der Waals surface area contributed by atoms with Crippen LogP contribution >= 0.6 is 12.4 Å². The van der Waals surface area contributed by atoms with Crippen LogP contribution in [0, 0.1) is 11.8 Å². The van der Waals surface area contributed by atoms with Crippen LogP contribution in [0.25, 0.3) is 0 Å². The van der Waals surface area contributed by atoms with Crippen molar-refractivity contribution >= 4 is 18.3 Å². The van der Waals surface area contributed by atoms with Gasteiger partial charge < -0.3 is 15.8 Å². The van der Waals surface area contributed by atoms with Gasteiger partial charge in [-0.15, -0.1) is 12.4 Å². The summed E-state index contributed by atoms with van der Waals surface area (Å²) >= 11 is 0. The number of halogens is 1. The molecule has 4 nitrogen and oxygen atoms in total. The van der Waals surface area contributed by atoms with Crippen molar-refractivity contribution in [3.8, 4) is 0 Å². The molecule has 18 heavy (non-hydrogen) atoms. The Morgan fingerprint density at radius 3 is 2.44 bits per heavy atom. The van der Waals surface area contributed by atoms with E-state index in [1.165, 1.54) is 0 Å². The van der Waals surface area contributed by atoms with E-state index < -0.39 is 0 Å². The summed E-state index contributed by atoms with van der Waals surface area (Å²) in [5.41, 5.74) is 5.91. The van der Waals surface area contributed by atoms with Gasteiger partial charge in [0.1, 0.15) is 0 Å². The molecule has 1 saturated heterocycles. The monoisotopic (exact) mass is 278 g/mol. The Labute approximate surface area is 116 Å². The van der Waals surface area contributed by atoms with E-state index in [0.29, 0.717) is 5.92 Å². The molecule has 3 N–H and O–H groups in total. The molecule has 108 valence electrons. The van der Waals surface area contributed by atoms with E-state index in [1.807, 2.05) is 6.92 Å². The number of nitrogens with one attached hydrogen (secondary N) is 1. The largest absolute Gasteiger partial charge is 0.381 e. The van der Waals surface area contributed by atoms with Crippen LogP contribution in [-0.4, -0.2) is 31.2 Å². The molecule has 0 aromatic rings. The quantitative estimate of drug-likeness (QED) is 0.805. The molecule has 5 heteroatoms. The number of ether oxygens (including phenoxy) is 1. The first kappa shape index (κ1) is 17.7. The van der Waals surface area contributed by atoms with Gasteiger partial charge in [0, 0.05) is 19.3 Å². The second-order valence-electron chi connectivity index (χ2n) is 5.16. The van der Waals surface area contributed by atoms with E-state index in [0.717, 1.165) is 32.5 Å². The van der Waals surface area contributed by atoms with Crippen LogP contribution in [0.3, 0.4) is 0 Å². The number of hydrogen-bond acceptors (Lipinski definition) is 3. The van der Waals surface area contributed by atoms with E-state index in [4.69, 9.17) is 10.5 Å². The number of amides is 1. The molecule has 1 amide bonds. The summed E-state index contributed by atoms with van der Waals surface area (Å²) in [4.78, 5) is 11.9. The number of nitrogens with two attached hydrogens (primary N) is 1. The standard InChI is InChI=1S/C13H26N2O2.ClH/c1-4-9(2)12(14)13(16)15-10(3)11-5-7-17-8-6-11;/h9-12H,4-8,14H2,1-3H3,(H,15,16);1H. The van der Waals surface area contributed by atoms with Crippen molar-refractivity contribution in [3.63, 3.8) is 0 Å². The topological polar surface area (TPSA) is 64.4 Å². The predicted octanol–water partition coefficient (Wildman–Crippen LogP) is 1.71. The van der Waals surface area contributed by atoms with E-state index in [1.54, 1.807) is 0 Å². The SMILES string of the molecule is CCC(C)C(N)C(=O)NC(C)C1CCOCC1.Cl. The van der Waals surface area contributed by atoms with Crippen LogP contribution in [0.1, 0.15) is 40.0 Å². The fourth-order valence-electron chi connectivity index (χ4n) is 2.17. The van der Waals surface area contributed by atoms with Crippen LogP contribution in [0.2, 0.25) is 0 Å². The van der Waals surface area contributed by atoms with E-state index in [9.17, 15) is 4.79 Å². The zero-order valence-electron chi connectivity index (χ0n) is 11.6. The van der Waals surface area contributed by atoms with Gasteiger partial charge in [-0.25, -0.2) is 0 Å². The number of rotatable bonds is 5. The van der Waals surface area contributed by atoms with Gasteiger partial charge in [-0.05, 0) is 31.6 Å². The zero-order valence-corrected chi connectivity index (χ0v) is 12.5. The van der Waals surface area contributed by atoms with Crippen LogP contribution in [0.4, 0.5) is 0 Å². The van der Waals surface area contributed by atoms with Gasteiger partial charge in [0.2, 0.25) is 5.91 Å². The van der Waals surface area contributed by atoms with Crippen molar-refractivity contribution in [2.75, 3.05) is 13.2 Å². The summed E-state index contributed by atoms with van der Waals surface area (Å²) in [6, 6.07) is -0.191. The molecule has 0 aromatic heterocycles. The second kappa shape index (κ2) is 8.73. The minimum atomic E-state index is -0.387. The highest BCUT2D eigenvalue weighted by atomic mass is 35.5. The number of carbonyl (C=O) groups is 1.